The van der Waals surface area contributed by atoms with Crippen molar-refractivity contribution in [3.05, 3.63) is 29.3 Å². The molecule has 138 valence electrons. The Bertz CT molecular complexity index is 626. The fourth-order valence-corrected chi connectivity index (χ4v) is 2.84. The Morgan fingerprint density at radius 3 is 2.52 bits per heavy atom. The minimum Gasteiger partial charge on any atom is -0.353 e. The van der Waals surface area contributed by atoms with Gasteiger partial charge in [-0.05, 0) is 37.5 Å². The minimum atomic E-state index is -4.48. The monoisotopic (exact) mass is 357 g/mol. The van der Waals surface area contributed by atoms with Gasteiger partial charge in [-0.15, -0.1) is 0 Å². The third-order valence-electron chi connectivity index (χ3n) is 4.16. The van der Waals surface area contributed by atoms with Gasteiger partial charge in [0.1, 0.15) is 0 Å². The van der Waals surface area contributed by atoms with Crippen molar-refractivity contribution in [2.75, 3.05) is 11.9 Å². The third-order valence-corrected chi connectivity index (χ3v) is 4.16. The van der Waals surface area contributed by atoms with Crippen molar-refractivity contribution in [2.24, 2.45) is 0 Å². The summed E-state index contributed by atoms with van der Waals surface area (Å²) in [5.74, 6) is -0.137. The number of amides is 3. The summed E-state index contributed by atoms with van der Waals surface area (Å²) in [5.41, 5.74) is -0.658. The number of hydrogen-bond donors (Lipinski definition) is 3. The molecule has 0 radical (unpaired) electrons. The highest BCUT2D eigenvalue weighted by molar-refractivity contribution is 5.89. The van der Waals surface area contributed by atoms with E-state index in [4.69, 9.17) is 0 Å². The molecule has 0 aromatic heterocycles. The van der Waals surface area contributed by atoms with Crippen LogP contribution >= 0.6 is 0 Å². The van der Waals surface area contributed by atoms with Crippen LogP contribution in [0.2, 0.25) is 0 Å². The van der Waals surface area contributed by atoms with Gasteiger partial charge in [-0.1, -0.05) is 18.9 Å². The molecule has 0 atom stereocenters. The SMILES string of the molecule is Cc1ccc(NC(=O)NCCC(=O)NC2CCCC2)cc1C(F)(F)F. The van der Waals surface area contributed by atoms with Gasteiger partial charge < -0.3 is 16.0 Å². The number of halogens is 3. The van der Waals surface area contributed by atoms with Gasteiger partial charge in [0.15, 0.2) is 0 Å². The van der Waals surface area contributed by atoms with Gasteiger partial charge in [0, 0.05) is 24.7 Å². The summed E-state index contributed by atoms with van der Waals surface area (Å²) in [7, 11) is 0. The van der Waals surface area contributed by atoms with Gasteiger partial charge in [0.2, 0.25) is 5.91 Å². The molecule has 0 aliphatic heterocycles. The molecule has 1 aromatic rings. The summed E-state index contributed by atoms with van der Waals surface area (Å²) in [4.78, 5) is 23.5. The van der Waals surface area contributed by atoms with Crippen LogP contribution in [-0.2, 0) is 11.0 Å². The summed E-state index contributed by atoms with van der Waals surface area (Å²) in [6.07, 6.45) is -0.157. The van der Waals surface area contributed by atoms with Crippen molar-refractivity contribution < 1.29 is 22.8 Å². The first-order valence-corrected chi connectivity index (χ1v) is 8.28. The lowest BCUT2D eigenvalue weighted by atomic mass is 10.1. The molecule has 0 unspecified atom stereocenters. The van der Waals surface area contributed by atoms with E-state index in [-0.39, 0.29) is 36.2 Å². The molecule has 1 aliphatic carbocycles. The zero-order chi connectivity index (χ0) is 18.4. The number of carbonyl (C=O) groups is 2. The molecule has 25 heavy (non-hydrogen) atoms. The van der Waals surface area contributed by atoms with E-state index in [1.807, 2.05) is 0 Å². The highest BCUT2D eigenvalue weighted by Crippen LogP contribution is 2.33. The number of carbonyl (C=O) groups excluding carboxylic acids is 2. The Kier molecular flexibility index (Phi) is 6.27. The Morgan fingerprint density at radius 2 is 1.88 bits per heavy atom. The van der Waals surface area contributed by atoms with Crippen molar-refractivity contribution in [2.45, 2.75) is 51.2 Å². The molecule has 0 heterocycles. The second-order valence-corrected chi connectivity index (χ2v) is 6.21. The van der Waals surface area contributed by atoms with E-state index in [2.05, 4.69) is 16.0 Å². The number of nitrogens with one attached hydrogen (secondary N) is 3. The van der Waals surface area contributed by atoms with Crippen LogP contribution in [0.3, 0.4) is 0 Å². The van der Waals surface area contributed by atoms with Crippen LogP contribution in [0.4, 0.5) is 23.7 Å². The van der Waals surface area contributed by atoms with E-state index in [0.717, 1.165) is 31.7 Å². The van der Waals surface area contributed by atoms with Crippen LogP contribution in [0.15, 0.2) is 18.2 Å². The minimum absolute atomic E-state index is 0.0471. The van der Waals surface area contributed by atoms with E-state index in [0.29, 0.717) is 0 Å². The lowest BCUT2D eigenvalue weighted by Gasteiger charge is -2.14. The molecule has 1 fully saturated rings. The van der Waals surface area contributed by atoms with Gasteiger partial charge in [0.25, 0.3) is 0 Å². The van der Waals surface area contributed by atoms with E-state index in [1.165, 1.54) is 19.1 Å². The van der Waals surface area contributed by atoms with Gasteiger partial charge >= 0.3 is 12.2 Å². The maximum atomic E-state index is 12.9. The molecule has 0 spiro atoms. The number of urea groups is 1. The molecular weight excluding hydrogens is 335 g/mol. The van der Waals surface area contributed by atoms with Crippen LogP contribution in [0.1, 0.15) is 43.2 Å². The number of aryl methyl sites for hydroxylation is 1. The molecule has 1 saturated carbocycles. The van der Waals surface area contributed by atoms with Crippen LogP contribution < -0.4 is 16.0 Å². The van der Waals surface area contributed by atoms with Crippen LogP contribution in [0.25, 0.3) is 0 Å². The largest absolute Gasteiger partial charge is 0.416 e. The maximum absolute atomic E-state index is 12.9. The zero-order valence-corrected chi connectivity index (χ0v) is 14.0. The summed E-state index contributed by atoms with van der Waals surface area (Å²) < 4.78 is 38.6. The second-order valence-electron chi connectivity index (χ2n) is 6.21. The zero-order valence-electron chi connectivity index (χ0n) is 14.0. The summed E-state index contributed by atoms with van der Waals surface area (Å²) in [6.45, 7) is 1.47. The molecule has 0 bridgehead atoms. The normalized spacial score (nSPS) is 15.0. The lowest BCUT2D eigenvalue weighted by Crippen LogP contribution is -2.36. The predicted octanol–water partition coefficient (Wildman–Crippen LogP) is 3.58. The quantitative estimate of drug-likeness (QED) is 0.754. The van der Waals surface area contributed by atoms with E-state index in [9.17, 15) is 22.8 Å². The molecule has 5 nitrogen and oxygen atoms in total. The van der Waals surface area contributed by atoms with Crippen molar-refractivity contribution in [3.63, 3.8) is 0 Å². The molecule has 0 saturated heterocycles. The molecule has 2 rings (SSSR count). The number of anilines is 1. The molecule has 3 amide bonds. The summed E-state index contributed by atoms with van der Waals surface area (Å²) in [6, 6.07) is 3.16. The average molecular weight is 357 g/mol. The maximum Gasteiger partial charge on any atom is 0.416 e. The molecule has 3 N–H and O–H groups in total. The standard InChI is InChI=1S/C17H22F3N3O2/c1-11-6-7-13(10-14(11)17(18,19)20)23-16(25)21-9-8-15(24)22-12-4-2-3-5-12/h6-7,10,12H,2-5,8-9H2,1H3,(H,22,24)(H2,21,23,25). The lowest BCUT2D eigenvalue weighted by molar-refractivity contribution is -0.138. The first kappa shape index (κ1) is 19.1. The first-order valence-electron chi connectivity index (χ1n) is 8.28. The van der Waals surface area contributed by atoms with Crippen molar-refractivity contribution in [3.8, 4) is 0 Å². The van der Waals surface area contributed by atoms with Gasteiger partial charge in [-0.25, -0.2) is 4.79 Å². The van der Waals surface area contributed by atoms with Crippen LogP contribution in [-0.4, -0.2) is 24.5 Å². The smallest absolute Gasteiger partial charge is 0.353 e. The van der Waals surface area contributed by atoms with E-state index in [1.54, 1.807) is 0 Å². The fourth-order valence-electron chi connectivity index (χ4n) is 2.84. The highest BCUT2D eigenvalue weighted by atomic mass is 19.4. The summed E-state index contributed by atoms with van der Waals surface area (Å²) >= 11 is 0. The number of benzene rings is 1. The van der Waals surface area contributed by atoms with Crippen molar-refractivity contribution >= 4 is 17.6 Å². The predicted molar refractivity (Wildman–Crippen MR) is 88.2 cm³/mol. The van der Waals surface area contributed by atoms with Gasteiger partial charge in [-0.2, -0.15) is 13.2 Å². The van der Waals surface area contributed by atoms with Crippen molar-refractivity contribution in [1.82, 2.24) is 10.6 Å². The molecular formula is C17H22F3N3O2. The Labute approximate surface area is 144 Å². The highest BCUT2D eigenvalue weighted by Gasteiger charge is 2.32. The molecule has 1 aliphatic rings. The number of rotatable bonds is 5. The van der Waals surface area contributed by atoms with E-state index >= 15 is 0 Å². The molecule has 8 heteroatoms. The topological polar surface area (TPSA) is 70.2 Å². The summed E-state index contributed by atoms with van der Waals surface area (Å²) in [5, 5.41) is 7.71. The van der Waals surface area contributed by atoms with E-state index < -0.39 is 17.8 Å². The van der Waals surface area contributed by atoms with Crippen LogP contribution in [0.5, 0.6) is 0 Å². The Morgan fingerprint density at radius 1 is 1.20 bits per heavy atom. The first-order chi connectivity index (χ1) is 11.8. The Balaban J connectivity index is 1.77. The number of hydrogen-bond acceptors (Lipinski definition) is 2. The fraction of sp³-hybridized carbons (Fsp3) is 0.529. The third kappa shape index (κ3) is 5.95. The Hall–Kier alpha value is -2.25. The molecule has 1 aromatic carbocycles. The van der Waals surface area contributed by atoms with Gasteiger partial charge in [-0.3, -0.25) is 4.79 Å². The van der Waals surface area contributed by atoms with Gasteiger partial charge in [0.05, 0.1) is 5.56 Å². The average Bonchev–Trinajstić information content (AvgIpc) is 3.01. The number of alkyl halides is 3. The van der Waals surface area contributed by atoms with Crippen LogP contribution in [0, 0.1) is 6.92 Å². The van der Waals surface area contributed by atoms with Crippen molar-refractivity contribution in [1.29, 1.82) is 0 Å². The second kappa shape index (κ2) is 8.22.